The molecule has 5 atom stereocenters. The maximum absolute atomic E-state index is 14.5. The van der Waals surface area contributed by atoms with Crippen LogP contribution in [0.5, 0.6) is 17.2 Å². The van der Waals surface area contributed by atoms with Gasteiger partial charge in [-0.05, 0) is 122 Å². The number of H-pyrrole nitrogens is 1. The Labute approximate surface area is 424 Å². The van der Waals surface area contributed by atoms with Gasteiger partial charge in [-0.15, -0.1) is 11.8 Å². The number of piperidine rings is 3. The van der Waals surface area contributed by atoms with Crippen LogP contribution < -0.4 is 19.2 Å². The highest BCUT2D eigenvalue weighted by Gasteiger charge is 2.45. The van der Waals surface area contributed by atoms with Gasteiger partial charge in [0.15, 0.2) is 33.7 Å². The van der Waals surface area contributed by atoms with E-state index in [0.717, 1.165) is 68.2 Å². The molecule has 71 heavy (non-hydrogen) atoms. The van der Waals surface area contributed by atoms with E-state index in [0.29, 0.717) is 22.8 Å². The van der Waals surface area contributed by atoms with Crippen LogP contribution >= 0.6 is 35.0 Å². The zero-order valence-corrected chi connectivity index (χ0v) is 41.4. The van der Waals surface area contributed by atoms with Crippen molar-refractivity contribution in [2.24, 2.45) is 11.8 Å². The number of hydrogen-bond donors (Lipinski definition) is 0. The van der Waals surface area contributed by atoms with E-state index >= 15 is 0 Å². The van der Waals surface area contributed by atoms with Crippen LogP contribution in [0.3, 0.4) is 0 Å². The van der Waals surface area contributed by atoms with E-state index in [1.54, 1.807) is 18.2 Å². The minimum atomic E-state index is -4.27. The lowest BCUT2D eigenvalue weighted by Gasteiger charge is -2.44. The van der Waals surface area contributed by atoms with Gasteiger partial charge in [-0.3, -0.25) is 14.5 Å². The number of fused-ring (bicyclic) bond motifs is 3. The third-order valence-electron chi connectivity index (χ3n) is 13.4. The third-order valence-corrected chi connectivity index (χ3v) is 17.8. The van der Waals surface area contributed by atoms with Crippen LogP contribution in [0.4, 0.5) is 8.78 Å². The van der Waals surface area contributed by atoms with Gasteiger partial charge >= 0.3 is 24.5 Å². The van der Waals surface area contributed by atoms with E-state index in [1.807, 2.05) is 36.4 Å². The topological polar surface area (TPSA) is 179 Å². The van der Waals surface area contributed by atoms with E-state index in [1.165, 1.54) is 54.9 Å². The highest BCUT2D eigenvalue weighted by molar-refractivity contribution is 8.02. The summed E-state index contributed by atoms with van der Waals surface area (Å²) in [5.41, 5.74) is 2.34. The maximum Gasteiger partial charge on any atom is 0.387 e. The molecule has 0 amide bonds. The number of esters is 3. The Kier molecular flexibility index (Phi) is 16.9. The molecular formula is C52H52Cl2F2N2O11S2. The molecule has 5 aromatic rings. The minimum Gasteiger partial charge on any atom is -0.870 e. The van der Waals surface area contributed by atoms with Gasteiger partial charge < -0.3 is 29.2 Å². The van der Waals surface area contributed by atoms with E-state index in [4.69, 9.17) is 46.9 Å². The van der Waals surface area contributed by atoms with Crippen molar-refractivity contribution in [1.82, 2.24) is 4.90 Å². The van der Waals surface area contributed by atoms with E-state index in [2.05, 4.69) is 9.88 Å². The Balaban J connectivity index is 0.00000676. The number of alkyl halides is 2. The number of hydrogen-bond acceptors (Lipinski definition) is 13. The summed E-state index contributed by atoms with van der Waals surface area (Å²) in [6.07, 6.45) is 5.79. The molecule has 4 saturated heterocycles. The Hall–Kier alpha value is -5.30. The van der Waals surface area contributed by atoms with Crippen LogP contribution in [-0.4, -0.2) is 91.9 Å². The number of carbonyl (C=O) groups is 3. The second-order valence-electron chi connectivity index (χ2n) is 18.1. The van der Waals surface area contributed by atoms with Crippen LogP contribution in [0, 0.1) is 11.8 Å². The highest BCUT2D eigenvalue weighted by Crippen LogP contribution is 2.41. The quantitative estimate of drug-likeness (QED) is 0.0564. The van der Waals surface area contributed by atoms with E-state index in [9.17, 15) is 31.6 Å². The normalized spacial score (nSPS) is 21.4. The van der Waals surface area contributed by atoms with Crippen LogP contribution in [0.2, 0.25) is 10.0 Å². The molecule has 5 heterocycles. The Morgan fingerprint density at radius 3 is 2.25 bits per heavy atom. The number of halogens is 4. The number of carbonyl (C=O) groups excluding carboxylic acids is 3. The average Bonchev–Trinajstić information content (AvgIpc) is 4.05. The largest absolute Gasteiger partial charge is 0.870 e. The summed E-state index contributed by atoms with van der Waals surface area (Å²) in [6.45, 7) is -0.0443. The molecule has 1 aliphatic carbocycles. The molecule has 10 rings (SSSR count). The lowest BCUT2D eigenvalue weighted by Crippen LogP contribution is -2.52. The zero-order chi connectivity index (χ0) is 48.9. The summed E-state index contributed by atoms with van der Waals surface area (Å²) in [5, 5.41) is -1.94. The van der Waals surface area contributed by atoms with Crippen LogP contribution in [0.15, 0.2) is 114 Å². The van der Waals surface area contributed by atoms with Crippen molar-refractivity contribution in [3.63, 3.8) is 0 Å². The summed E-state index contributed by atoms with van der Waals surface area (Å²) >= 11 is 14.2. The number of benzene rings is 4. The molecule has 0 spiro atoms. The molecular weight excluding hydrogens is 1000 g/mol. The first-order chi connectivity index (χ1) is 33.8. The molecule has 1 saturated carbocycles. The minimum absolute atomic E-state index is 0. The van der Waals surface area contributed by atoms with Gasteiger partial charge in [0.1, 0.15) is 33.3 Å². The first-order valence-electron chi connectivity index (χ1n) is 23.3. The predicted molar refractivity (Wildman–Crippen MR) is 260 cm³/mol. The predicted octanol–water partition coefficient (Wildman–Crippen LogP) is 9.57. The average molecular weight is 1050 g/mol. The molecule has 5 fully saturated rings. The van der Waals surface area contributed by atoms with Crippen LogP contribution in [0.25, 0.3) is 0 Å². The van der Waals surface area contributed by atoms with Gasteiger partial charge in [0.2, 0.25) is 0 Å². The van der Waals surface area contributed by atoms with Gasteiger partial charge in [-0.1, -0.05) is 77.8 Å². The van der Waals surface area contributed by atoms with Crippen molar-refractivity contribution < 1.29 is 65.7 Å². The fourth-order valence-corrected chi connectivity index (χ4v) is 13.7. The Morgan fingerprint density at radius 2 is 1.55 bits per heavy atom. The molecule has 376 valence electrons. The number of ether oxygens (including phenoxy) is 5. The summed E-state index contributed by atoms with van der Waals surface area (Å²) < 4.78 is 84.5. The smallest absolute Gasteiger partial charge is 0.387 e. The van der Waals surface area contributed by atoms with Crippen molar-refractivity contribution >= 4 is 62.7 Å². The van der Waals surface area contributed by atoms with Crippen molar-refractivity contribution in [1.29, 1.82) is 0 Å². The fourth-order valence-electron chi connectivity index (χ4n) is 9.40. The third kappa shape index (κ3) is 12.7. The summed E-state index contributed by atoms with van der Waals surface area (Å²) in [4.78, 5) is 46.5. The molecule has 4 aromatic carbocycles. The highest BCUT2D eigenvalue weighted by atomic mass is 35.5. The van der Waals surface area contributed by atoms with Gasteiger partial charge in [0.25, 0.3) is 0 Å². The maximum atomic E-state index is 14.5. The molecule has 13 nitrogen and oxygen atoms in total. The standard InChI is InChI=1S/C52H50Cl2F2N2O10S2.H2O/c53-41-27-57-28-42(54)40(41)25-44(35-14-15-43(68-52(55)56)45(24-35)64-30-31-12-13-31)67-51(61)49-47(18-21-69-49)70(62,63)38-11-5-9-36(23-38)50(60)65-37-10-4-8-34(22-37)39(32-6-2-1-3-7-32)26-48(59)66-46-29-58-19-16-33(46)17-20-58;/h1-11,14-15,22-24,27-28,31,33,39,44,46-47,49,52H,12-13,16-21,25-26,29-30H2;1H2/t39?,44-,46-,47?,49+;/m0./s1. The summed E-state index contributed by atoms with van der Waals surface area (Å²) in [6, 6.07) is 26.2. The first kappa shape index (κ1) is 52.0. The fraction of sp³-hybridized carbons (Fsp3) is 0.385. The van der Waals surface area contributed by atoms with Gasteiger partial charge in [-0.2, -0.15) is 8.78 Å². The molecule has 2 bridgehead atoms. The van der Waals surface area contributed by atoms with Crippen molar-refractivity contribution in [3.05, 3.63) is 147 Å². The Bertz CT molecular complexity index is 2800. The van der Waals surface area contributed by atoms with Gasteiger partial charge in [0.05, 0.1) is 28.7 Å². The molecule has 2 N–H and O–H groups in total. The van der Waals surface area contributed by atoms with E-state index < -0.39 is 50.9 Å². The number of pyridine rings is 1. The van der Waals surface area contributed by atoms with Crippen LogP contribution in [-0.2, 0) is 35.3 Å². The second kappa shape index (κ2) is 23.1. The number of sulfone groups is 1. The molecule has 19 heteroatoms. The zero-order valence-electron chi connectivity index (χ0n) is 38.3. The molecule has 4 aliphatic heterocycles. The van der Waals surface area contributed by atoms with Gasteiger partial charge in [0, 0.05) is 24.4 Å². The first-order valence-corrected chi connectivity index (χ1v) is 26.6. The second-order valence-corrected chi connectivity index (χ2v) is 22.3. The SMILES string of the molecule is O=C(CC(c1ccccc1)c1cccc(OC(=O)c2cccc(S(=O)(=O)C3CCS[C@H]3C(=O)O[C@@H](Cc3c(Cl)c[nH+]cc3Cl)c3ccc(OC(F)F)c(OCC4CC4)c3)c2)c1)O[C@H]1CN2CCC1CC2.[OH-]. The van der Waals surface area contributed by atoms with Crippen LogP contribution in [0.1, 0.15) is 83.2 Å². The molecule has 2 unspecified atom stereocenters. The van der Waals surface area contributed by atoms with Gasteiger partial charge in [-0.25, -0.2) is 18.2 Å². The Morgan fingerprint density at radius 1 is 0.817 bits per heavy atom. The number of nitrogens with zero attached hydrogens (tertiary/aromatic N) is 1. The van der Waals surface area contributed by atoms with Crippen molar-refractivity contribution in [2.75, 3.05) is 32.0 Å². The summed E-state index contributed by atoms with van der Waals surface area (Å²) in [7, 11) is -4.27. The number of rotatable bonds is 19. The molecule has 5 aliphatic rings. The number of nitrogens with one attached hydrogen (secondary N) is 1. The monoisotopic (exact) mass is 1050 g/mol. The lowest BCUT2D eigenvalue weighted by molar-refractivity contribution is -0.377. The number of aromatic amines is 1. The molecule has 1 aromatic heterocycles. The molecule has 0 radical (unpaired) electrons. The van der Waals surface area contributed by atoms with Crippen molar-refractivity contribution in [2.45, 2.75) is 85.1 Å². The summed E-state index contributed by atoms with van der Waals surface area (Å²) in [5.74, 6) is -1.36. The van der Waals surface area contributed by atoms with Crippen molar-refractivity contribution in [3.8, 4) is 17.2 Å². The number of aromatic nitrogens is 1. The number of thioether (sulfide) groups is 1. The van der Waals surface area contributed by atoms with E-state index in [-0.39, 0.29) is 87.1 Å². The lowest BCUT2D eigenvalue weighted by atomic mass is 9.85.